The Labute approximate surface area is 91.6 Å². The number of phosphoric acid groups is 1. The first-order valence-corrected chi connectivity index (χ1v) is 7.08. The van der Waals surface area contributed by atoms with Gasteiger partial charge in [-0.3, -0.25) is 9.05 Å². The van der Waals surface area contributed by atoms with Crippen molar-refractivity contribution in [3.63, 3.8) is 0 Å². The minimum absolute atomic E-state index is 0.115. The van der Waals surface area contributed by atoms with Crippen LogP contribution in [0.4, 0.5) is 0 Å². The molecular formula is C10H21O4P. The second-order valence-corrected chi connectivity index (χ2v) is 5.97. The summed E-state index contributed by atoms with van der Waals surface area (Å²) in [7, 11) is -3.84. The molecule has 1 aliphatic carbocycles. The van der Waals surface area contributed by atoms with E-state index in [2.05, 4.69) is 6.92 Å². The van der Waals surface area contributed by atoms with Gasteiger partial charge in [0.05, 0.1) is 12.2 Å². The quantitative estimate of drug-likeness (QED) is 0.762. The Hall–Kier alpha value is 0.110. The third-order valence-electron chi connectivity index (χ3n) is 2.59. The maximum absolute atomic E-state index is 11.5. The summed E-state index contributed by atoms with van der Waals surface area (Å²) in [5.41, 5.74) is 0. The first-order valence-electron chi connectivity index (χ1n) is 5.58. The lowest BCUT2D eigenvalue weighted by atomic mass is 9.89. The molecule has 0 spiro atoms. The van der Waals surface area contributed by atoms with E-state index in [-0.39, 0.29) is 12.2 Å². The Morgan fingerprint density at radius 3 is 2.27 bits per heavy atom. The summed E-state index contributed by atoms with van der Waals surface area (Å²) in [6.45, 7) is 5.63. The lowest BCUT2D eigenvalue weighted by molar-refractivity contribution is 0.0609. The summed E-state index contributed by atoms with van der Waals surface area (Å²) in [4.78, 5) is 9.41. The highest BCUT2D eigenvalue weighted by Crippen LogP contribution is 2.48. The van der Waals surface area contributed by atoms with Gasteiger partial charge in [0.2, 0.25) is 0 Å². The van der Waals surface area contributed by atoms with Crippen LogP contribution < -0.4 is 0 Å². The molecule has 0 aliphatic heterocycles. The highest BCUT2D eigenvalue weighted by molar-refractivity contribution is 7.47. The fraction of sp³-hybridized carbons (Fsp3) is 1.00. The van der Waals surface area contributed by atoms with Gasteiger partial charge in [0, 0.05) is 0 Å². The fourth-order valence-electron chi connectivity index (χ4n) is 1.81. The molecule has 1 rings (SSSR count). The maximum Gasteiger partial charge on any atom is 0.472 e. The monoisotopic (exact) mass is 236 g/mol. The van der Waals surface area contributed by atoms with Crippen LogP contribution >= 0.6 is 7.82 Å². The van der Waals surface area contributed by atoms with Crippen molar-refractivity contribution in [1.82, 2.24) is 0 Å². The normalized spacial score (nSPS) is 31.5. The molecule has 90 valence electrons. The van der Waals surface area contributed by atoms with Crippen molar-refractivity contribution in [1.29, 1.82) is 0 Å². The van der Waals surface area contributed by atoms with Gasteiger partial charge in [0.25, 0.3) is 0 Å². The number of hydrogen-bond donors (Lipinski definition) is 1. The van der Waals surface area contributed by atoms with Gasteiger partial charge in [-0.15, -0.1) is 0 Å². The molecule has 1 saturated carbocycles. The van der Waals surface area contributed by atoms with Crippen molar-refractivity contribution < 1.29 is 18.5 Å². The predicted molar refractivity (Wildman–Crippen MR) is 58.6 cm³/mol. The average Bonchev–Trinajstić information content (AvgIpc) is 2.06. The van der Waals surface area contributed by atoms with Gasteiger partial charge in [0.1, 0.15) is 0 Å². The molecule has 1 unspecified atom stereocenters. The molecule has 1 fully saturated rings. The van der Waals surface area contributed by atoms with E-state index in [0.29, 0.717) is 5.92 Å². The molecule has 4 nitrogen and oxygen atoms in total. The molecule has 0 aromatic rings. The van der Waals surface area contributed by atoms with Crippen LogP contribution in [0.5, 0.6) is 0 Å². The van der Waals surface area contributed by atoms with E-state index in [1.807, 2.05) is 0 Å². The van der Waals surface area contributed by atoms with Gasteiger partial charge in [-0.1, -0.05) is 6.92 Å². The maximum atomic E-state index is 11.5. The van der Waals surface area contributed by atoms with Crippen LogP contribution in [0.3, 0.4) is 0 Å². The van der Waals surface area contributed by atoms with Gasteiger partial charge >= 0.3 is 7.82 Å². The summed E-state index contributed by atoms with van der Waals surface area (Å²) in [5, 5.41) is 0. The second-order valence-electron chi connectivity index (χ2n) is 4.61. The van der Waals surface area contributed by atoms with Gasteiger partial charge in [-0.2, -0.15) is 0 Å². The number of rotatable bonds is 4. The SMILES string of the molecule is CC(C)OP(=O)(O)O[C@H]1CC[C@H](C)CC1. The number of hydrogen-bond acceptors (Lipinski definition) is 3. The molecule has 0 aromatic carbocycles. The van der Waals surface area contributed by atoms with E-state index in [9.17, 15) is 9.46 Å². The Morgan fingerprint density at radius 1 is 1.27 bits per heavy atom. The summed E-state index contributed by atoms with van der Waals surface area (Å²) in [5.74, 6) is 0.703. The topological polar surface area (TPSA) is 55.8 Å². The third-order valence-corrected chi connectivity index (χ3v) is 3.84. The molecule has 0 amide bonds. The molecule has 0 saturated heterocycles. The molecule has 1 atom stereocenters. The Bertz CT molecular complexity index is 234. The molecule has 0 heterocycles. The lowest BCUT2D eigenvalue weighted by Crippen LogP contribution is -2.20. The molecule has 15 heavy (non-hydrogen) atoms. The molecule has 0 bridgehead atoms. The zero-order chi connectivity index (χ0) is 11.5. The van der Waals surface area contributed by atoms with E-state index in [1.54, 1.807) is 13.8 Å². The zero-order valence-corrected chi connectivity index (χ0v) is 10.6. The van der Waals surface area contributed by atoms with E-state index in [4.69, 9.17) is 9.05 Å². The van der Waals surface area contributed by atoms with Crippen molar-refractivity contribution in [2.45, 2.75) is 58.7 Å². The molecule has 1 aliphatic rings. The summed E-state index contributed by atoms with van der Waals surface area (Å²) in [6, 6.07) is 0. The molecular weight excluding hydrogens is 215 g/mol. The van der Waals surface area contributed by atoms with Crippen LogP contribution in [0.25, 0.3) is 0 Å². The fourth-order valence-corrected chi connectivity index (χ4v) is 2.98. The molecule has 5 heteroatoms. The van der Waals surface area contributed by atoms with E-state index in [0.717, 1.165) is 25.7 Å². The van der Waals surface area contributed by atoms with Gasteiger partial charge in [-0.05, 0) is 45.4 Å². The van der Waals surface area contributed by atoms with Crippen LogP contribution in [-0.2, 0) is 13.6 Å². The Morgan fingerprint density at radius 2 is 1.80 bits per heavy atom. The summed E-state index contributed by atoms with van der Waals surface area (Å²) in [6.07, 6.45) is 3.43. The third kappa shape index (κ3) is 5.12. The standard InChI is InChI=1S/C10H21O4P/c1-8(2)13-15(11,12)14-10-6-4-9(3)5-7-10/h8-10H,4-7H2,1-3H3,(H,11,12)/t9-,10-. The van der Waals surface area contributed by atoms with Crippen molar-refractivity contribution >= 4 is 7.82 Å². The predicted octanol–water partition coefficient (Wildman–Crippen LogP) is 3.11. The van der Waals surface area contributed by atoms with Gasteiger partial charge in [0.15, 0.2) is 0 Å². The first kappa shape index (κ1) is 13.2. The van der Waals surface area contributed by atoms with Crippen molar-refractivity contribution in [3.05, 3.63) is 0 Å². The lowest BCUT2D eigenvalue weighted by Gasteiger charge is -2.27. The zero-order valence-electron chi connectivity index (χ0n) is 9.68. The molecule has 1 N–H and O–H groups in total. The minimum Gasteiger partial charge on any atom is -0.302 e. The van der Waals surface area contributed by atoms with Gasteiger partial charge < -0.3 is 4.89 Å². The van der Waals surface area contributed by atoms with Crippen molar-refractivity contribution in [2.75, 3.05) is 0 Å². The summed E-state index contributed by atoms with van der Waals surface area (Å²) < 4.78 is 21.5. The smallest absolute Gasteiger partial charge is 0.302 e. The van der Waals surface area contributed by atoms with E-state index in [1.165, 1.54) is 0 Å². The second kappa shape index (κ2) is 5.44. The van der Waals surface area contributed by atoms with Crippen LogP contribution in [0.1, 0.15) is 46.5 Å². The molecule has 0 aromatic heterocycles. The molecule has 0 radical (unpaired) electrons. The van der Waals surface area contributed by atoms with Crippen LogP contribution in [0.15, 0.2) is 0 Å². The first-order chi connectivity index (χ1) is 6.89. The number of phosphoric ester groups is 1. The van der Waals surface area contributed by atoms with Crippen molar-refractivity contribution in [3.8, 4) is 0 Å². The Balaban J connectivity index is 2.37. The average molecular weight is 236 g/mol. The highest BCUT2D eigenvalue weighted by Gasteiger charge is 2.29. The van der Waals surface area contributed by atoms with Crippen LogP contribution in [0.2, 0.25) is 0 Å². The van der Waals surface area contributed by atoms with Crippen LogP contribution in [0, 0.1) is 5.92 Å². The highest BCUT2D eigenvalue weighted by atomic mass is 31.2. The van der Waals surface area contributed by atoms with Crippen LogP contribution in [-0.4, -0.2) is 17.1 Å². The van der Waals surface area contributed by atoms with Gasteiger partial charge in [-0.25, -0.2) is 4.57 Å². The summed E-state index contributed by atoms with van der Waals surface area (Å²) >= 11 is 0. The van der Waals surface area contributed by atoms with Crippen molar-refractivity contribution in [2.24, 2.45) is 5.92 Å². The van der Waals surface area contributed by atoms with E-state index >= 15 is 0 Å². The minimum atomic E-state index is -3.84. The Kier molecular flexibility index (Phi) is 4.78. The van der Waals surface area contributed by atoms with E-state index < -0.39 is 7.82 Å². The largest absolute Gasteiger partial charge is 0.472 e.